The van der Waals surface area contributed by atoms with Crippen LogP contribution in [-0.4, -0.2) is 16.1 Å². The standard InChI is InChI=1S/C16H25N3/c1-11(8-17)15-9-19(10-18-15)16-5-12-2-13(6-16)4-14(3-12)7-16/h9-14H,2-8,17H2,1H3. The third-order valence-corrected chi connectivity index (χ3v) is 6.01. The van der Waals surface area contributed by atoms with Crippen LogP contribution in [0, 0.1) is 17.8 Å². The zero-order valence-electron chi connectivity index (χ0n) is 11.9. The predicted molar refractivity (Wildman–Crippen MR) is 75.8 cm³/mol. The number of rotatable bonds is 3. The molecule has 1 aromatic rings. The zero-order chi connectivity index (χ0) is 13.0. The third kappa shape index (κ3) is 1.78. The molecule has 5 rings (SSSR count). The van der Waals surface area contributed by atoms with E-state index in [4.69, 9.17) is 5.73 Å². The van der Waals surface area contributed by atoms with Gasteiger partial charge in [0.1, 0.15) is 0 Å². The second-order valence-corrected chi connectivity index (χ2v) is 7.48. The van der Waals surface area contributed by atoms with Crippen molar-refractivity contribution in [2.75, 3.05) is 6.54 Å². The van der Waals surface area contributed by atoms with Crippen molar-refractivity contribution >= 4 is 0 Å². The van der Waals surface area contributed by atoms with Gasteiger partial charge >= 0.3 is 0 Å². The molecule has 0 amide bonds. The van der Waals surface area contributed by atoms with Gasteiger partial charge in [0.05, 0.1) is 12.0 Å². The number of imidazole rings is 1. The van der Waals surface area contributed by atoms with E-state index in [2.05, 4.69) is 29.0 Å². The summed E-state index contributed by atoms with van der Waals surface area (Å²) in [4.78, 5) is 4.63. The van der Waals surface area contributed by atoms with Crippen molar-refractivity contribution in [1.29, 1.82) is 0 Å². The van der Waals surface area contributed by atoms with Crippen LogP contribution >= 0.6 is 0 Å². The van der Waals surface area contributed by atoms with Gasteiger partial charge in [0.2, 0.25) is 0 Å². The highest BCUT2D eigenvalue weighted by Gasteiger charge is 2.51. The first-order valence-electron chi connectivity index (χ1n) is 7.93. The van der Waals surface area contributed by atoms with Crippen molar-refractivity contribution in [3.05, 3.63) is 18.2 Å². The lowest BCUT2D eigenvalue weighted by Gasteiger charge is -2.57. The summed E-state index contributed by atoms with van der Waals surface area (Å²) >= 11 is 0. The molecule has 0 spiro atoms. The normalized spacial score (nSPS) is 41.7. The molecule has 3 heteroatoms. The van der Waals surface area contributed by atoms with Gasteiger partial charge in [-0.2, -0.15) is 0 Å². The number of nitrogens with zero attached hydrogens (tertiary/aromatic N) is 2. The number of aromatic nitrogens is 2. The Morgan fingerprint density at radius 3 is 2.37 bits per heavy atom. The minimum Gasteiger partial charge on any atom is -0.331 e. The molecule has 4 saturated carbocycles. The van der Waals surface area contributed by atoms with Gasteiger partial charge in [-0.05, 0) is 56.3 Å². The van der Waals surface area contributed by atoms with Crippen LogP contribution in [0.25, 0.3) is 0 Å². The number of nitrogens with two attached hydrogens (primary N) is 1. The molecule has 104 valence electrons. The zero-order valence-corrected chi connectivity index (χ0v) is 11.9. The maximum Gasteiger partial charge on any atom is 0.0954 e. The van der Waals surface area contributed by atoms with Crippen molar-refractivity contribution in [3.8, 4) is 0 Å². The van der Waals surface area contributed by atoms with Crippen LogP contribution in [0.1, 0.15) is 57.1 Å². The summed E-state index contributed by atoms with van der Waals surface area (Å²) in [5.74, 6) is 3.35. The molecule has 4 fully saturated rings. The molecule has 1 atom stereocenters. The Kier molecular flexibility index (Phi) is 2.57. The highest BCUT2D eigenvalue weighted by molar-refractivity contribution is 5.11. The summed E-state index contributed by atoms with van der Waals surface area (Å²) in [6, 6.07) is 0. The SMILES string of the molecule is CC(CN)c1cn(C23CC4CC(CC(C4)C2)C3)cn1. The Morgan fingerprint density at radius 1 is 1.26 bits per heavy atom. The molecule has 2 N–H and O–H groups in total. The maximum absolute atomic E-state index is 5.77. The second kappa shape index (κ2) is 4.08. The van der Waals surface area contributed by atoms with Gasteiger partial charge < -0.3 is 10.3 Å². The molecule has 0 aliphatic heterocycles. The Hall–Kier alpha value is -0.830. The van der Waals surface area contributed by atoms with Gasteiger partial charge in [-0.25, -0.2) is 4.98 Å². The van der Waals surface area contributed by atoms with E-state index in [-0.39, 0.29) is 0 Å². The quantitative estimate of drug-likeness (QED) is 0.907. The van der Waals surface area contributed by atoms with Gasteiger partial charge in [0, 0.05) is 24.2 Å². The Labute approximate surface area is 115 Å². The van der Waals surface area contributed by atoms with Crippen LogP contribution < -0.4 is 5.73 Å². The molecule has 3 nitrogen and oxygen atoms in total. The average molecular weight is 259 g/mol. The highest BCUT2D eigenvalue weighted by Crippen LogP contribution is 2.58. The second-order valence-electron chi connectivity index (χ2n) is 7.48. The van der Waals surface area contributed by atoms with E-state index in [1.807, 2.05) is 0 Å². The lowest BCUT2D eigenvalue weighted by atomic mass is 9.53. The number of hydrogen-bond donors (Lipinski definition) is 1. The summed E-state index contributed by atoms with van der Waals surface area (Å²) in [7, 11) is 0. The molecule has 1 unspecified atom stereocenters. The fourth-order valence-electron chi connectivity index (χ4n) is 5.35. The van der Waals surface area contributed by atoms with Crippen molar-refractivity contribution in [3.63, 3.8) is 0 Å². The Morgan fingerprint density at radius 2 is 1.84 bits per heavy atom. The summed E-state index contributed by atoms with van der Waals surface area (Å²) in [6.07, 6.45) is 13.1. The third-order valence-electron chi connectivity index (χ3n) is 6.01. The first-order chi connectivity index (χ1) is 9.18. The first-order valence-corrected chi connectivity index (χ1v) is 7.93. The molecule has 4 bridgehead atoms. The van der Waals surface area contributed by atoms with Crippen molar-refractivity contribution in [2.45, 2.75) is 56.9 Å². The lowest BCUT2D eigenvalue weighted by molar-refractivity contribution is -0.0431. The van der Waals surface area contributed by atoms with Gasteiger partial charge in [0.25, 0.3) is 0 Å². The fraction of sp³-hybridized carbons (Fsp3) is 0.812. The Bertz CT molecular complexity index is 441. The molecule has 4 aliphatic rings. The minimum atomic E-state index is 0.384. The molecule has 1 heterocycles. The van der Waals surface area contributed by atoms with Gasteiger partial charge in [0.15, 0.2) is 0 Å². The molecule has 0 aromatic carbocycles. The smallest absolute Gasteiger partial charge is 0.0954 e. The van der Waals surface area contributed by atoms with Crippen LogP contribution in [0.15, 0.2) is 12.5 Å². The topological polar surface area (TPSA) is 43.8 Å². The average Bonchev–Trinajstić information content (AvgIpc) is 2.86. The van der Waals surface area contributed by atoms with E-state index in [9.17, 15) is 0 Å². The largest absolute Gasteiger partial charge is 0.331 e. The van der Waals surface area contributed by atoms with Crippen LogP contribution in [0.4, 0.5) is 0 Å². The molecule has 1 aromatic heterocycles. The summed E-state index contributed by atoms with van der Waals surface area (Å²) in [6.45, 7) is 2.87. The van der Waals surface area contributed by atoms with Crippen LogP contribution in [0.2, 0.25) is 0 Å². The van der Waals surface area contributed by atoms with Crippen LogP contribution in [0.5, 0.6) is 0 Å². The lowest BCUT2D eigenvalue weighted by Crippen LogP contribution is -2.51. The van der Waals surface area contributed by atoms with E-state index in [0.29, 0.717) is 18.0 Å². The van der Waals surface area contributed by atoms with Gasteiger partial charge in [-0.3, -0.25) is 0 Å². The molecule has 19 heavy (non-hydrogen) atoms. The summed E-state index contributed by atoms with van der Waals surface area (Å²) < 4.78 is 2.47. The van der Waals surface area contributed by atoms with Crippen molar-refractivity contribution in [2.24, 2.45) is 23.5 Å². The molecular formula is C16H25N3. The summed E-state index contributed by atoms with van der Waals surface area (Å²) in [5, 5.41) is 0. The van der Waals surface area contributed by atoms with Crippen LogP contribution in [-0.2, 0) is 5.54 Å². The number of hydrogen-bond acceptors (Lipinski definition) is 2. The highest BCUT2D eigenvalue weighted by atomic mass is 15.1. The van der Waals surface area contributed by atoms with Crippen molar-refractivity contribution in [1.82, 2.24) is 9.55 Å². The monoisotopic (exact) mass is 259 g/mol. The fourth-order valence-corrected chi connectivity index (χ4v) is 5.35. The minimum absolute atomic E-state index is 0.384. The molecule has 4 aliphatic carbocycles. The molecule has 0 radical (unpaired) electrons. The first kappa shape index (κ1) is 12.0. The van der Waals surface area contributed by atoms with E-state index < -0.39 is 0 Å². The molecule has 0 saturated heterocycles. The van der Waals surface area contributed by atoms with Crippen molar-refractivity contribution < 1.29 is 0 Å². The van der Waals surface area contributed by atoms with E-state index in [1.54, 1.807) is 0 Å². The van der Waals surface area contributed by atoms with E-state index in [1.165, 1.54) is 44.2 Å². The Balaban J connectivity index is 1.66. The van der Waals surface area contributed by atoms with E-state index >= 15 is 0 Å². The predicted octanol–water partition coefficient (Wildman–Crippen LogP) is 2.87. The van der Waals surface area contributed by atoms with Gasteiger partial charge in [-0.1, -0.05) is 6.92 Å². The van der Waals surface area contributed by atoms with Gasteiger partial charge in [-0.15, -0.1) is 0 Å². The summed E-state index contributed by atoms with van der Waals surface area (Å²) in [5.41, 5.74) is 7.36. The van der Waals surface area contributed by atoms with E-state index in [0.717, 1.165) is 17.8 Å². The van der Waals surface area contributed by atoms with Crippen LogP contribution in [0.3, 0.4) is 0 Å². The maximum atomic E-state index is 5.77. The molecular weight excluding hydrogens is 234 g/mol.